The number of nitro groups is 1. The zero-order chi connectivity index (χ0) is 14.0. The van der Waals surface area contributed by atoms with Gasteiger partial charge in [0.25, 0.3) is 0 Å². The second-order valence-corrected chi connectivity index (χ2v) is 5.11. The Bertz CT molecular complexity index is 585. The van der Waals surface area contributed by atoms with E-state index in [9.17, 15) is 10.1 Å². The van der Waals surface area contributed by atoms with E-state index in [1.807, 2.05) is 36.4 Å². The summed E-state index contributed by atoms with van der Waals surface area (Å²) in [5, 5.41) is 12.7. The van der Waals surface area contributed by atoms with Crippen LogP contribution in [0.2, 0.25) is 0 Å². The van der Waals surface area contributed by atoms with Crippen LogP contribution in [0.1, 0.15) is 17.8 Å². The minimum absolute atomic E-state index is 0.0623. The molecule has 0 saturated heterocycles. The number of nitrogens with two attached hydrogens (primary N) is 1. The van der Waals surface area contributed by atoms with E-state index in [1.165, 1.54) is 10.9 Å². The summed E-state index contributed by atoms with van der Waals surface area (Å²) in [6, 6.07) is 7.16. The molecule has 0 fully saturated rings. The van der Waals surface area contributed by atoms with E-state index < -0.39 is 4.92 Å². The van der Waals surface area contributed by atoms with Gasteiger partial charge in [0.2, 0.25) is 5.82 Å². The Balaban J connectivity index is 2.27. The average molecular weight is 278 g/mol. The number of thiophene rings is 1. The van der Waals surface area contributed by atoms with Crippen molar-refractivity contribution in [3.63, 3.8) is 0 Å². The molecule has 2 heterocycles. The summed E-state index contributed by atoms with van der Waals surface area (Å²) in [6.07, 6.45) is 0. The third-order valence-electron chi connectivity index (χ3n) is 2.98. The van der Waals surface area contributed by atoms with E-state index in [1.54, 1.807) is 17.4 Å². The molecule has 1 atom stereocenters. The fraction of sp³-hybridized carbons (Fsp3) is 0.250. The van der Waals surface area contributed by atoms with Crippen LogP contribution in [-0.4, -0.2) is 17.0 Å². The molecule has 7 heteroatoms. The highest BCUT2D eigenvalue weighted by Gasteiger charge is 2.18. The Morgan fingerprint density at radius 3 is 2.74 bits per heavy atom. The van der Waals surface area contributed by atoms with Crippen LogP contribution in [0.15, 0.2) is 29.6 Å². The van der Waals surface area contributed by atoms with E-state index >= 15 is 0 Å². The van der Waals surface area contributed by atoms with Crippen LogP contribution < -0.4 is 10.6 Å². The van der Waals surface area contributed by atoms with Crippen LogP contribution in [0, 0.1) is 10.1 Å². The highest BCUT2D eigenvalue weighted by molar-refractivity contribution is 7.10. The van der Waals surface area contributed by atoms with Gasteiger partial charge in [0.1, 0.15) is 5.82 Å². The quantitative estimate of drug-likeness (QED) is 0.686. The molecule has 0 spiro atoms. The Hall–Kier alpha value is -2.15. The summed E-state index contributed by atoms with van der Waals surface area (Å²) < 4.78 is 0. The molecule has 0 saturated carbocycles. The molecule has 0 amide bonds. The molecule has 100 valence electrons. The molecular weight excluding hydrogens is 264 g/mol. The van der Waals surface area contributed by atoms with E-state index in [0.717, 1.165) is 0 Å². The van der Waals surface area contributed by atoms with Gasteiger partial charge in [-0.15, -0.1) is 11.3 Å². The lowest BCUT2D eigenvalue weighted by Gasteiger charge is -2.25. The van der Waals surface area contributed by atoms with Gasteiger partial charge in [0, 0.05) is 18.0 Å². The third kappa shape index (κ3) is 2.65. The van der Waals surface area contributed by atoms with Gasteiger partial charge in [0.15, 0.2) is 0 Å². The van der Waals surface area contributed by atoms with Gasteiger partial charge in [-0.25, -0.2) is 4.98 Å². The standard InChI is InChI=1S/C12H14N4O2S/c1-8(10-4-3-7-19-10)15(2)11-6-5-9(16(17)18)12(13)14-11/h3-8H,1-2H3,(H2,13,14). The molecule has 0 bridgehead atoms. The summed E-state index contributed by atoms with van der Waals surface area (Å²) in [4.78, 5) is 17.4. The van der Waals surface area contributed by atoms with Crippen molar-refractivity contribution in [1.29, 1.82) is 0 Å². The van der Waals surface area contributed by atoms with E-state index in [-0.39, 0.29) is 17.5 Å². The SMILES string of the molecule is CC(c1cccs1)N(C)c1ccc([N+](=O)[O-])c(N)n1. The van der Waals surface area contributed by atoms with Crippen LogP contribution in [-0.2, 0) is 0 Å². The first-order valence-corrected chi connectivity index (χ1v) is 6.56. The van der Waals surface area contributed by atoms with Gasteiger partial charge in [0.05, 0.1) is 11.0 Å². The van der Waals surface area contributed by atoms with Crippen molar-refractivity contribution in [3.05, 3.63) is 44.6 Å². The van der Waals surface area contributed by atoms with Crippen molar-refractivity contribution in [2.75, 3.05) is 17.7 Å². The van der Waals surface area contributed by atoms with Crippen LogP contribution >= 0.6 is 11.3 Å². The maximum Gasteiger partial charge on any atom is 0.311 e. The van der Waals surface area contributed by atoms with Crippen LogP contribution in [0.5, 0.6) is 0 Å². The summed E-state index contributed by atoms with van der Waals surface area (Å²) in [6.45, 7) is 2.05. The Labute approximate surface area is 114 Å². The lowest BCUT2D eigenvalue weighted by Crippen LogP contribution is -2.22. The minimum Gasteiger partial charge on any atom is -0.378 e. The van der Waals surface area contributed by atoms with Crippen LogP contribution in [0.3, 0.4) is 0 Å². The molecule has 6 nitrogen and oxygen atoms in total. The summed E-state index contributed by atoms with van der Waals surface area (Å²) in [7, 11) is 1.89. The third-order valence-corrected chi connectivity index (χ3v) is 4.02. The Morgan fingerprint density at radius 2 is 2.21 bits per heavy atom. The number of hydrogen-bond acceptors (Lipinski definition) is 6. The molecule has 0 radical (unpaired) electrons. The minimum atomic E-state index is -0.533. The molecule has 0 aliphatic rings. The fourth-order valence-corrected chi connectivity index (χ4v) is 2.55. The van der Waals surface area contributed by atoms with Crippen LogP contribution in [0.4, 0.5) is 17.3 Å². The first-order valence-electron chi connectivity index (χ1n) is 5.68. The monoisotopic (exact) mass is 278 g/mol. The molecule has 2 rings (SSSR count). The zero-order valence-electron chi connectivity index (χ0n) is 10.6. The van der Waals surface area contributed by atoms with E-state index in [2.05, 4.69) is 4.98 Å². The van der Waals surface area contributed by atoms with Gasteiger partial charge < -0.3 is 10.6 Å². The van der Waals surface area contributed by atoms with Gasteiger partial charge in [-0.05, 0) is 24.4 Å². The first kappa shape index (κ1) is 13.3. The Morgan fingerprint density at radius 1 is 1.47 bits per heavy atom. The van der Waals surface area contributed by atoms with Crippen molar-refractivity contribution >= 4 is 28.7 Å². The van der Waals surface area contributed by atoms with Crippen molar-refractivity contribution in [2.45, 2.75) is 13.0 Å². The lowest BCUT2D eigenvalue weighted by molar-refractivity contribution is -0.384. The fourth-order valence-electron chi connectivity index (χ4n) is 1.73. The van der Waals surface area contributed by atoms with Gasteiger partial charge >= 0.3 is 5.69 Å². The summed E-state index contributed by atoms with van der Waals surface area (Å²) >= 11 is 1.66. The largest absolute Gasteiger partial charge is 0.378 e. The molecule has 19 heavy (non-hydrogen) atoms. The highest BCUT2D eigenvalue weighted by Crippen LogP contribution is 2.29. The van der Waals surface area contributed by atoms with Gasteiger partial charge in [-0.1, -0.05) is 6.07 Å². The van der Waals surface area contributed by atoms with E-state index in [4.69, 9.17) is 5.73 Å². The maximum atomic E-state index is 10.7. The van der Waals surface area contributed by atoms with Gasteiger partial charge in [-0.2, -0.15) is 0 Å². The zero-order valence-corrected chi connectivity index (χ0v) is 11.4. The normalized spacial score (nSPS) is 12.1. The predicted molar refractivity (Wildman–Crippen MR) is 76.4 cm³/mol. The molecular formula is C12H14N4O2S. The number of nitrogens with zero attached hydrogens (tertiary/aromatic N) is 3. The highest BCUT2D eigenvalue weighted by atomic mass is 32.1. The lowest BCUT2D eigenvalue weighted by atomic mass is 10.2. The maximum absolute atomic E-state index is 10.7. The molecule has 2 aromatic rings. The molecule has 0 aromatic carbocycles. The molecule has 2 N–H and O–H groups in total. The predicted octanol–water partition coefficient (Wildman–Crippen LogP) is 2.83. The number of nitrogen functional groups attached to an aromatic ring is 1. The van der Waals surface area contributed by atoms with Gasteiger partial charge in [-0.3, -0.25) is 10.1 Å². The first-order chi connectivity index (χ1) is 9.00. The van der Waals surface area contributed by atoms with Crippen molar-refractivity contribution in [1.82, 2.24) is 4.98 Å². The number of hydrogen-bond donors (Lipinski definition) is 1. The van der Waals surface area contributed by atoms with E-state index in [0.29, 0.717) is 5.82 Å². The number of rotatable bonds is 4. The average Bonchev–Trinajstić information content (AvgIpc) is 2.90. The van der Waals surface area contributed by atoms with Crippen LogP contribution in [0.25, 0.3) is 0 Å². The topological polar surface area (TPSA) is 85.3 Å². The summed E-state index contributed by atoms with van der Waals surface area (Å²) in [5.74, 6) is 0.553. The molecule has 1 unspecified atom stereocenters. The molecule has 0 aliphatic carbocycles. The number of aromatic nitrogens is 1. The summed E-state index contributed by atoms with van der Waals surface area (Å²) in [5.41, 5.74) is 5.44. The second-order valence-electron chi connectivity index (χ2n) is 4.13. The second kappa shape index (κ2) is 5.23. The van der Waals surface area contributed by atoms with Crippen molar-refractivity contribution < 1.29 is 4.92 Å². The molecule has 2 aromatic heterocycles. The van der Waals surface area contributed by atoms with Crippen molar-refractivity contribution in [3.8, 4) is 0 Å². The number of pyridine rings is 1. The smallest absolute Gasteiger partial charge is 0.311 e. The number of anilines is 2. The Kier molecular flexibility index (Phi) is 3.66. The van der Waals surface area contributed by atoms with Crippen molar-refractivity contribution in [2.24, 2.45) is 0 Å². The molecule has 0 aliphatic heterocycles.